The van der Waals surface area contributed by atoms with Crippen LogP contribution in [0.5, 0.6) is 11.5 Å². The number of carbonyl (C=O) groups excluding carboxylic acids is 1. The molecule has 0 spiro atoms. The lowest BCUT2D eigenvalue weighted by atomic mass is 9.87. The van der Waals surface area contributed by atoms with Crippen molar-refractivity contribution in [3.05, 3.63) is 58.1 Å². The molecular weight excluding hydrogens is 418 g/mol. The molecule has 1 aliphatic rings. The maximum absolute atomic E-state index is 12.6. The van der Waals surface area contributed by atoms with Gasteiger partial charge in [-0.1, -0.05) is 29.8 Å². The van der Waals surface area contributed by atoms with E-state index in [-0.39, 0.29) is 24.1 Å². The van der Waals surface area contributed by atoms with Crippen molar-refractivity contribution in [2.45, 2.75) is 50.8 Å². The maximum atomic E-state index is 12.6. The minimum atomic E-state index is -1.66. The number of benzene rings is 2. The Labute approximate surface area is 185 Å². The summed E-state index contributed by atoms with van der Waals surface area (Å²) < 4.78 is 5.57. The third-order valence-corrected chi connectivity index (χ3v) is 5.66. The van der Waals surface area contributed by atoms with Crippen molar-refractivity contribution in [1.82, 2.24) is 5.32 Å². The van der Waals surface area contributed by atoms with Crippen LogP contribution in [0.2, 0.25) is 0 Å². The third kappa shape index (κ3) is 4.57. The summed E-state index contributed by atoms with van der Waals surface area (Å²) in [5.74, 6) is -1.76. The molecule has 1 heterocycles. The molecule has 9 nitrogen and oxygen atoms in total. The maximum Gasteiger partial charge on any atom is 0.258 e. The van der Waals surface area contributed by atoms with Crippen molar-refractivity contribution in [2.24, 2.45) is 0 Å². The van der Waals surface area contributed by atoms with Crippen LogP contribution in [0.4, 0.5) is 0 Å². The summed E-state index contributed by atoms with van der Waals surface area (Å²) in [5.41, 5.74) is 1.73. The van der Waals surface area contributed by atoms with Crippen molar-refractivity contribution in [3.63, 3.8) is 0 Å². The van der Waals surface area contributed by atoms with Crippen LogP contribution < -0.4 is 5.32 Å². The first-order valence-electron chi connectivity index (χ1n) is 10.4. The highest BCUT2D eigenvalue weighted by Gasteiger charge is 2.45. The fourth-order valence-electron chi connectivity index (χ4n) is 3.84. The Morgan fingerprint density at radius 3 is 2.28 bits per heavy atom. The van der Waals surface area contributed by atoms with Gasteiger partial charge in [-0.05, 0) is 31.0 Å². The summed E-state index contributed by atoms with van der Waals surface area (Å²) >= 11 is 0. The van der Waals surface area contributed by atoms with Gasteiger partial charge in [0.05, 0.1) is 6.61 Å². The highest BCUT2D eigenvalue weighted by Crippen LogP contribution is 2.43. The molecule has 0 aromatic heterocycles. The molecule has 0 unspecified atom stereocenters. The van der Waals surface area contributed by atoms with Gasteiger partial charge in [-0.25, -0.2) is 0 Å². The molecule has 0 bridgehead atoms. The van der Waals surface area contributed by atoms with Gasteiger partial charge in [0.1, 0.15) is 47.6 Å². The summed E-state index contributed by atoms with van der Waals surface area (Å²) in [6.07, 6.45) is -7.23. The normalized spacial score (nSPS) is 25.5. The SMILES string of the molecule is CCNC(=O)c1c(O)c(Cc2ccc(C)cc2)cc([C@@H]2O[C@H](CO)[C@@H](O)[C@H](O)[C@H]2O)c1O. The first-order valence-corrected chi connectivity index (χ1v) is 10.4. The summed E-state index contributed by atoms with van der Waals surface area (Å²) in [6, 6.07) is 8.91. The van der Waals surface area contributed by atoms with Crippen LogP contribution in [-0.4, -0.2) is 74.1 Å². The second kappa shape index (κ2) is 9.85. The Hall–Kier alpha value is -2.69. The molecule has 2 aromatic carbocycles. The van der Waals surface area contributed by atoms with E-state index in [1.165, 1.54) is 6.07 Å². The molecule has 9 heteroatoms. The van der Waals surface area contributed by atoms with Crippen LogP contribution in [0.3, 0.4) is 0 Å². The number of phenols is 2. The van der Waals surface area contributed by atoms with E-state index < -0.39 is 54.5 Å². The number of phenolic OH excluding ortho intramolecular Hbond substituents is 2. The fraction of sp³-hybridized carbons (Fsp3) is 0.435. The van der Waals surface area contributed by atoms with E-state index >= 15 is 0 Å². The smallest absolute Gasteiger partial charge is 0.258 e. The summed E-state index contributed by atoms with van der Waals surface area (Å²) in [5, 5.41) is 64.4. The lowest BCUT2D eigenvalue weighted by molar-refractivity contribution is -0.232. The first-order chi connectivity index (χ1) is 15.2. The van der Waals surface area contributed by atoms with E-state index in [0.717, 1.165) is 11.1 Å². The third-order valence-electron chi connectivity index (χ3n) is 5.66. The molecule has 174 valence electrons. The number of rotatable bonds is 6. The predicted octanol–water partition coefficient (Wildman–Crippen LogP) is 0.262. The molecule has 1 amide bonds. The second-order valence-electron chi connectivity index (χ2n) is 7.97. The zero-order valence-electron chi connectivity index (χ0n) is 17.9. The van der Waals surface area contributed by atoms with Gasteiger partial charge in [0.15, 0.2) is 0 Å². The monoisotopic (exact) mass is 447 g/mol. The second-order valence-corrected chi connectivity index (χ2v) is 7.97. The quantitative estimate of drug-likeness (QED) is 0.332. The minimum absolute atomic E-state index is 0.0527. The molecule has 0 radical (unpaired) electrons. The van der Waals surface area contributed by atoms with Crippen molar-refractivity contribution in [1.29, 1.82) is 0 Å². The number of aromatic hydroxyl groups is 2. The van der Waals surface area contributed by atoms with Gasteiger partial charge in [-0.2, -0.15) is 0 Å². The molecular formula is C23H29NO8. The summed E-state index contributed by atoms with van der Waals surface area (Å²) in [7, 11) is 0. The molecule has 1 fully saturated rings. The van der Waals surface area contributed by atoms with Crippen LogP contribution in [0, 0.1) is 6.92 Å². The predicted molar refractivity (Wildman–Crippen MR) is 114 cm³/mol. The van der Waals surface area contributed by atoms with Gasteiger partial charge in [0.25, 0.3) is 5.91 Å². The molecule has 3 rings (SSSR count). The number of carbonyl (C=O) groups is 1. The lowest BCUT2D eigenvalue weighted by Crippen LogP contribution is -2.55. The molecule has 5 atom stereocenters. The summed E-state index contributed by atoms with van der Waals surface area (Å²) in [4.78, 5) is 12.6. The number of nitrogens with one attached hydrogen (secondary N) is 1. The van der Waals surface area contributed by atoms with E-state index in [4.69, 9.17) is 4.74 Å². The van der Waals surface area contributed by atoms with Crippen molar-refractivity contribution < 1.29 is 40.2 Å². The number of hydrogen-bond acceptors (Lipinski definition) is 8. The largest absolute Gasteiger partial charge is 0.507 e. The van der Waals surface area contributed by atoms with E-state index in [0.29, 0.717) is 5.56 Å². The Bertz CT molecular complexity index is 959. The van der Waals surface area contributed by atoms with Gasteiger partial charge < -0.3 is 40.7 Å². The van der Waals surface area contributed by atoms with Crippen molar-refractivity contribution >= 4 is 5.91 Å². The van der Waals surface area contributed by atoms with Crippen LogP contribution in [0.15, 0.2) is 30.3 Å². The molecule has 7 N–H and O–H groups in total. The van der Waals surface area contributed by atoms with Crippen LogP contribution in [0.1, 0.15) is 45.6 Å². The van der Waals surface area contributed by atoms with E-state index in [1.807, 2.05) is 31.2 Å². The molecule has 1 aliphatic heterocycles. The average molecular weight is 447 g/mol. The topological polar surface area (TPSA) is 160 Å². The van der Waals surface area contributed by atoms with Crippen LogP contribution >= 0.6 is 0 Å². The standard InChI is InChI=1S/C23H29NO8/c1-3-24-23(31)16-17(26)13(8-12-6-4-11(2)5-7-12)9-14(18(16)27)22-21(30)20(29)19(28)15(10-25)32-22/h4-7,9,15,19-22,25-30H,3,8,10H2,1-2H3,(H,24,31)/t15-,19-,20+,21-,22+/m1/s1. The van der Waals surface area contributed by atoms with Crippen molar-refractivity contribution in [2.75, 3.05) is 13.2 Å². The Kier molecular flexibility index (Phi) is 7.37. The number of aryl methyl sites for hydroxylation is 1. The number of aliphatic hydroxyl groups is 4. The van der Waals surface area contributed by atoms with Gasteiger partial charge in [0.2, 0.25) is 0 Å². The number of hydrogen-bond donors (Lipinski definition) is 7. The number of amides is 1. The van der Waals surface area contributed by atoms with Gasteiger partial charge in [0, 0.05) is 18.5 Å². The van der Waals surface area contributed by atoms with E-state index in [9.17, 15) is 35.4 Å². The molecule has 1 saturated heterocycles. The lowest BCUT2D eigenvalue weighted by Gasteiger charge is -2.40. The van der Waals surface area contributed by atoms with E-state index in [2.05, 4.69) is 5.32 Å². The molecule has 0 saturated carbocycles. The molecule has 0 aliphatic carbocycles. The van der Waals surface area contributed by atoms with E-state index in [1.54, 1.807) is 6.92 Å². The van der Waals surface area contributed by atoms with Crippen LogP contribution in [0.25, 0.3) is 0 Å². The van der Waals surface area contributed by atoms with Gasteiger partial charge >= 0.3 is 0 Å². The fourth-order valence-corrected chi connectivity index (χ4v) is 3.84. The van der Waals surface area contributed by atoms with Crippen LogP contribution in [-0.2, 0) is 11.2 Å². The Morgan fingerprint density at radius 1 is 1.03 bits per heavy atom. The van der Waals surface area contributed by atoms with Gasteiger partial charge in [-0.15, -0.1) is 0 Å². The highest BCUT2D eigenvalue weighted by molar-refractivity contribution is 6.00. The Balaban J connectivity index is 2.13. The Morgan fingerprint density at radius 2 is 1.69 bits per heavy atom. The van der Waals surface area contributed by atoms with Crippen molar-refractivity contribution in [3.8, 4) is 11.5 Å². The average Bonchev–Trinajstić information content (AvgIpc) is 2.76. The molecule has 2 aromatic rings. The zero-order valence-corrected chi connectivity index (χ0v) is 17.9. The molecule has 32 heavy (non-hydrogen) atoms. The minimum Gasteiger partial charge on any atom is -0.507 e. The highest BCUT2D eigenvalue weighted by atomic mass is 16.5. The number of ether oxygens (including phenoxy) is 1. The summed E-state index contributed by atoms with van der Waals surface area (Å²) in [6.45, 7) is 3.22. The zero-order chi connectivity index (χ0) is 23.6. The van der Waals surface area contributed by atoms with Gasteiger partial charge in [-0.3, -0.25) is 4.79 Å². The first kappa shape index (κ1) is 24.0. The number of aliphatic hydroxyl groups excluding tert-OH is 4.